The molecule has 0 aliphatic heterocycles. The van der Waals surface area contributed by atoms with Crippen LogP contribution in [0.5, 0.6) is 0 Å². The van der Waals surface area contributed by atoms with Crippen LogP contribution in [0.2, 0.25) is 0 Å². The van der Waals surface area contributed by atoms with Crippen LogP contribution in [0, 0.1) is 107 Å². The van der Waals surface area contributed by atoms with E-state index in [-0.39, 0.29) is 13.2 Å². The minimum atomic E-state index is -0.0879. The Balaban J connectivity index is 4.23. The number of aliphatic hydroxyl groups excluding tert-OH is 1. The van der Waals surface area contributed by atoms with Crippen molar-refractivity contribution in [1.82, 2.24) is 0 Å². The lowest BCUT2D eigenvalue weighted by atomic mass is 10.5. The highest BCUT2D eigenvalue weighted by atomic mass is 16.5. The van der Waals surface area contributed by atoms with Crippen LogP contribution in [0.1, 0.15) is 0 Å². The Morgan fingerprint density at radius 3 is 1.32 bits per heavy atom. The molecule has 0 rings (SSSR count). The van der Waals surface area contributed by atoms with E-state index >= 15 is 0 Å². The molecule has 22 heavy (non-hydrogen) atoms. The van der Waals surface area contributed by atoms with Gasteiger partial charge < -0.3 is 9.84 Å². The zero-order chi connectivity index (χ0) is 16.1. The molecule has 98 valence electrons. The van der Waals surface area contributed by atoms with Gasteiger partial charge in [-0.1, -0.05) is 0 Å². The molecule has 0 aliphatic carbocycles. The standard InChI is InChI=1S/C20H6O2/c1-2-3-4-5-6-7-8-9-10-11-12-13-14-15-16-17-19-22-20-18-21/h1,21H,18,20H2. The molecular weight excluding hydrogens is 272 g/mol. The van der Waals surface area contributed by atoms with E-state index in [4.69, 9.17) is 11.5 Å². The largest absolute Gasteiger partial charge is 0.443 e. The van der Waals surface area contributed by atoms with Gasteiger partial charge in [-0.3, -0.25) is 0 Å². The van der Waals surface area contributed by atoms with Gasteiger partial charge in [0.1, 0.15) is 12.7 Å². The van der Waals surface area contributed by atoms with Crippen LogP contribution in [-0.2, 0) is 4.74 Å². The Bertz CT molecular complexity index is 913. The molecular formula is C20H6O2. The highest BCUT2D eigenvalue weighted by Gasteiger charge is 1.72. The van der Waals surface area contributed by atoms with Crippen molar-refractivity contribution in [1.29, 1.82) is 0 Å². The minimum absolute atomic E-state index is 0.0879. The lowest BCUT2D eigenvalue weighted by molar-refractivity contribution is 0.180. The summed E-state index contributed by atoms with van der Waals surface area (Å²) in [6, 6.07) is 0. The Labute approximate surface area is 131 Å². The minimum Gasteiger partial charge on any atom is -0.443 e. The molecule has 0 saturated heterocycles. The van der Waals surface area contributed by atoms with Crippen molar-refractivity contribution in [3.05, 3.63) is 0 Å². The molecule has 0 radical (unpaired) electrons. The van der Waals surface area contributed by atoms with Gasteiger partial charge in [-0.2, -0.15) is 0 Å². The van der Waals surface area contributed by atoms with Gasteiger partial charge in [-0.05, 0) is 47.4 Å². The molecule has 0 saturated carbocycles. The van der Waals surface area contributed by atoms with Crippen LogP contribution in [-0.4, -0.2) is 18.3 Å². The number of hydrogen-bond donors (Lipinski definition) is 1. The highest BCUT2D eigenvalue weighted by Crippen LogP contribution is 1.65. The van der Waals surface area contributed by atoms with Crippen molar-refractivity contribution in [3.63, 3.8) is 0 Å². The lowest BCUT2D eigenvalue weighted by Gasteiger charge is -1.86. The van der Waals surface area contributed by atoms with Crippen LogP contribution in [0.25, 0.3) is 0 Å². The van der Waals surface area contributed by atoms with E-state index in [1.54, 1.807) is 0 Å². The van der Waals surface area contributed by atoms with Gasteiger partial charge in [0.05, 0.1) is 6.61 Å². The maximum atomic E-state index is 8.40. The fourth-order valence-electron chi connectivity index (χ4n) is 0.601. The van der Waals surface area contributed by atoms with Gasteiger partial charge in [-0.15, -0.1) is 6.42 Å². The molecule has 0 aromatic rings. The summed E-state index contributed by atoms with van der Waals surface area (Å²) in [5.74, 6) is 38.7. The van der Waals surface area contributed by atoms with E-state index in [9.17, 15) is 0 Å². The second-order valence-corrected chi connectivity index (χ2v) is 2.69. The number of hydrogen-bond acceptors (Lipinski definition) is 2. The third-order valence-electron chi connectivity index (χ3n) is 1.26. The van der Waals surface area contributed by atoms with Gasteiger partial charge in [0, 0.05) is 47.4 Å². The Morgan fingerprint density at radius 2 is 0.955 bits per heavy atom. The molecule has 0 aromatic carbocycles. The summed E-state index contributed by atoms with van der Waals surface area (Å²) in [4.78, 5) is 0. The van der Waals surface area contributed by atoms with Crippen LogP contribution in [0.15, 0.2) is 0 Å². The lowest BCUT2D eigenvalue weighted by Crippen LogP contribution is -1.92. The van der Waals surface area contributed by atoms with Gasteiger partial charge >= 0.3 is 0 Å². The molecule has 1 N–H and O–H groups in total. The molecule has 0 spiro atoms. The third kappa shape index (κ3) is 15.8. The predicted molar refractivity (Wildman–Crippen MR) is 84.1 cm³/mol. The fraction of sp³-hybridized carbons (Fsp3) is 0.100. The van der Waals surface area contributed by atoms with E-state index in [0.29, 0.717) is 0 Å². The average molecular weight is 278 g/mol. The van der Waals surface area contributed by atoms with Gasteiger partial charge in [-0.25, -0.2) is 0 Å². The molecule has 0 unspecified atom stereocenters. The second kappa shape index (κ2) is 16.8. The summed E-state index contributed by atoms with van der Waals surface area (Å²) in [7, 11) is 0. The predicted octanol–water partition coefficient (Wildman–Crippen LogP) is -0.387. The number of terminal acetylenes is 1. The van der Waals surface area contributed by atoms with Crippen molar-refractivity contribution < 1.29 is 9.84 Å². The van der Waals surface area contributed by atoms with Crippen molar-refractivity contribution in [2.24, 2.45) is 0 Å². The molecule has 0 heterocycles. The molecule has 0 fully saturated rings. The van der Waals surface area contributed by atoms with Crippen molar-refractivity contribution >= 4 is 0 Å². The van der Waals surface area contributed by atoms with Gasteiger partial charge in [0.2, 0.25) is 0 Å². The highest BCUT2D eigenvalue weighted by molar-refractivity contribution is 5.46. The van der Waals surface area contributed by atoms with Crippen molar-refractivity contribution in [2.45, 2.75) is 0 Å². The number of aliphatic hydroxyl groups is 1. The summed E-state index contributed by atoms with van der Waals surface area (Å²) >= 11 is 0. The monoisotopic (exact) mass is 278 g/mol. The first-order valence-corrected chi connectivity index (χ1v) is 5.60. The Morgan fingerprint density at radius 1 is 0.591 bits per heavy atom. The first kappa shape index (κ1) is 17.8. The summed E-state index contributed by atoms with van der Waals surface area (Å²) < 4.78 is 4.66. The summed E-state index contributed by atoms with van der Waals surface area (Å²) in [6.07, 6.45) is 7.17. The first-order valence-electron chi connectivity index (χ1n) is 5.60. The molecule has 2 heteroatoms. The average Bonchev–Trinajstić information content (AvgIpc) is 2.54. The molecule has 2 nitrogen and oxygen atoms in total. The zero-order valence-electron chi connectivity index (χ0n) is 11.3. The summed E-state index contributed by atoms with van der Waals surface area (Å²) in [6.45, 7) is 0.0621. The molecule has 0 amide bonds. The van der Waals surface area contributed by atoms with Crippen molar-refractivity contribution in [2.75, 3.05) is 13.2 Å². The smallest absolute Gasteiger partial charge is 0.124 e. The second-order valence-electron chi connectivity index (χ2n) is 2.69. The number of ether oxygens (including phenoxy) is 1. The van der Waals surface area contributed by atoms with Crippen LogP contribution in [0.3, 0.4) is 0 Å². The Kier molecular flexibility index (Phi) is 13.6. The molecule has 0 aliphatic rings. The molecule has 0 bridgehead atoms. The number of rotatable bonds is 2. The summed E-state index contributed by atoms with van der Waals surface area (Å²) in [5.41, 5.74) is 0. The van der Waals surface area contributed by atoms with E-state index in [1.165, 1.54) is 0 Å². The van der Waals surface area contributed by atoms with E-state index in [0.717, 1.165) is 0 Å². The summed E-state index contributed by atoms with van der Waals surface area (Å²) in [5, 5.41) is 8.40. The maximum Gasteiger partial charge on any atom is 0.124 e. The van der Waals surface area contributed by atoms with Gasteiger partial charge in [0.25, 0.3) is 0 Å². The van der Waals surface area contributed by atoms with Gasteiger partial charge in [0.15, 0.2) is 0 Å². The Hall–Kier alpha value is -4.20. The van der Waals surface area contributed by atoms with E-state index in [1.807, 2.05) is 0 Å². The van der Waals surface area contributed by atoms with Crippen LogP contribution < -0.4 is 0 Å². The topological polar surface area (TPSA) is 29.5 Å². The SMILES string of the molecule is C#CC#CC#CC#CC#CC#CC#CC#CC#COCCO. The van der Waals surface area contributed by atoms with Crippen LogP contribution >= 0.6 is 0 Å². The normalized spacial score (nSPS) is 4.73. The zero-order valence-corrected chi connectivity index (χ0v) is 11.3. The molecule has 0 atom stereocenters. The molecule has 0 aromatic heterocycles. The van der Waals surface area contributed by atoms with E-state index in [2.05, 4.69) is 106 Å². The van der Waals surface area contributed by atoms with E-state index < -0.39 is 0 Å². The van der Waals surface area contributed by atoms with Crippen molar-refractivity contribution in [3.8, 4) is 107 Å². The quantitative estimate of drug-likeness (QED) is 0.551. The third-order valence-corrected chi connectivity index (χ3v) is 1.26. The fourth-order valence-corrected chi connectivity index (χ4v) is 0.601. The maximum absolute atomic E-state index is 8.40. The first-order chi connectivity index (χ1) is 10.9. The van der Waals surface area contributed by atoms with Crippen LogP contribution in [0.4, 0.5) is 0 Å².